The number of hydrogen-bond donors (Lipinski definition) is 1. The van der Waals surface area contributed by atoms with Gasteiger partial charge in [-0.2, -0.15) is 0 Å². The van der Waals surface area contributed by atoms with Crippen LogP contribution in [0, 0.1) is 46.8 Å². The van der Waals surface area contributed by atoms with Crippen LogP contribution in [0.4, 0.5) is 0 Å². The molecule has 0 amide bonds. The summed E-state index contributed by atoms with van der Waals surface area (Å²) in [5, 5.41) is 0. The fourth-order valence-electron chi connectivity index (χ4n) is 7.56. The molecule has 0 radical (unpaired) electrons. The van der Waals surface area contributed by atoms with Gasteiger partial charge in [0, 0.05) is 0 Å². The van der Waals surface area contributed by atoms with Crippen molar-refractivity contribution in [3.63, 3.8) is 0 Å². The predicted molar refractivity (Wildman–Crippen MR) is 127 cm³/mol. The van der Waals surface area contributed by atoms with Gasteiger partial charge in [0.25, 0.3) is 0 Å². The quantitative estimate of drug-likeness (QED) is 0.481. The van der Waals surface area contributed by atoms with Gasteiger partial charge in [-0.25, -0.2) is 0 Å². The lowest BCUT2D eigenvalue weighted by Crippen LogP contribution is -2.50. The summed E-state index contributed by atoms with van der Waals surface area (Å²) in [6.07, 6.45) is 13.0. The van der Waals surface area contributed by atoms with Gasteiger partial charge in [0.05, 0.1) is 0 Å². The van der Waals surface area contributed by atoms with E-state index in [1.807, 2.05) is 13.8 Å². The van der Waals surface area contributed by atoms with E-state index in [0.717, 1.165) is 47.8 Å². The minimum absolute atomic E-state index is 0.498. The zero-order valence-electron chi connectivity index (χ0n) is 20.7. The van der Waals surface area contributed by atoms with E-state index >= 15 is 0 Å². The molecule has 0 bridgehead atoms. The lowest BCUT2D eigenvalue weighted by molar-refractivity contribution is -0.0785. The lowest BCUT2D eigenvalue weighted by Gasteiger charge is -2.58. The van der Waals surface area contributed by atoms with Crippen molar-refractivity contribution in [2.75, 3.05) is 7.05 Å². The summed E-state index contributed by atoms with van der Waals surface area (Å²) < 4.78 is 0. The van der Waals surface area contributed by atoms with Crippen molar-refractivity contribution in [1.29, 1.82) is 0 Å². The standard InChI is InChI=1S/C24H42.C2H6.CH5N/c1-7-17(4)23(8-2)24(6)14-13-22-20(18(24)5)12-10-19-15-16(3)9-11-21(19)22;2*1-2/h16,18-23H,4,7-15H2,1-3,5-6H3;1-2H3;2H2,1H3. The second-order valence-corrected chi connectivity index (χ2v) is 10.1. The number of fused-ring (bicyclic) bond motifs is 3. The number of hydrogen-bond acceptors (Lipinski definition) is 1. The molecule has 0 heterocycles. The van der Waals surface area contributed by atoms with Crippen molar-refractivity contribution in [2.24, 2.45) is 52.6 Å². The summed E-state index contributed by atoms with van der Waals surface area (Å²) in [5.41, 5.74) is 6.52. The van der Waals surface area contributed by atoms with Gasteiger partial charge in [0.2, 0.25) is 0 Å². The van der Waals surface area contributed by atoms with Crippen LogP contribution >= 0.6 is 0 Å². The van der Waals surface area contributed by atoms with Crippen LogP contribution in [0.3, 0.4) is 0 Å². The summed E-state index contributed by atoms with van der Waals surface area (Å²) in [4.78, 5) is 0. The lowest BCUT2D eigenvalue weighted by atomic mass is 9.47. The van der Waals surface area contributed by atoms with Gasteiger partial charge < -0.3 is 5.73 Å². The monoisotopic (exact) mass is 391 g/mol. The van der Waals surface area contributed by atoms with E-state index in [2.05, 4.69) is 46.9 Å². The Kier molecular flexibility index (Phi) is 10.8. The molecular formula is C27H53N. The first-order chi connectivity index (χ1) is 13.4. The van der Waals surface area contributed by atoms with Crippen LogP contribution in [0.25, 0.3) is 0 Å². The molecule has 3 aliphatic rings. The Labute approximate surface area is 178 Å². The van der Waals surface area contributed by atoms with E-state index < -0.39 is 0 Å². The topological polar surface area (TPSA) is 26.0 Å². The van der Waals surface area contributed by atoms with E-state index in [1.54, 1.807) is 0 Å². The fourth-order valence-corrected chi connectivity index (χ4v) is 7.56. The Morgan fingerprint density at radius 3 is 2.14 bits per heavy atom. The van der Waals surface area contributed by atoms with Gasteiger partial charge >= 0.3 is 0 Å². The third-order valence-electron chi connectivity index (χ3n) is 9.12. The van der Waals surface area contributed by atoms with Crippen LogP contribution in [-0.4, -0.2) is 7.05 Å². The highest BCUT2D eigenvalue weighted by atomic mass is 14.6. The maximum absolute atomic E-state index is 4.50. The maximum atomic E-state index is 4.50. The zero-order valence-corrected chi connectivity index (χ0v) is 20.7. The van der Waals surface area contributed by atoms with Crippen molar-refractivity contribution < 1.29 is 0 Å². The zero-order chi connectivity index (χ0) is 21.5. The molecule has 0 aromatic rings. The van der Waals surface area contributed by atoms with Crippen molar-refractivity contribution in [2.45, 2.75) is 106 Å². The van der Waals surface area contributed by atoms with Crippen LogP contribution in [0.5, 0.6) is 0 Å². The van der Waals surface area contributed by atoms with Crippen molar-refractivity contribution in [1.82, 2.24) is 0 Å². The summed E-state index contributed by atoms with van der Waals surface area (Å²) in [5.74, 6) is 6.79. The number of rotatable bonds is 4. The summed E-state index contributed by atoms with van der Waals surface area (Å²) in [7, 11) is 1.50. The largest absolute Gasteiger partial charge is 0.333 e. The van der Waals surface area contributed by atoms with Crippen LogP contribution in [0.15, 0.2) is 12.2 Å². The Morgan fingerprint density at radius 2 is 1.57 bits per heavy atom. The summed E-state index contributed by atoms with van der Waals surface area (Å²) >= 11 is 0. The SMILES string of the molecule is C=C(CC)C(CC)C1(C)CCC2C3CCC(C)CC3CCC2C1C.CC.CN. The van der Waals surface area contributed by atoms with Crippen molar-refractivity contribution in [3.8, 4) is 0 Å². The molecule has 1 heteroatoms. The first kappa shape index (κ1) is 25.7. The van der Waals surface area contributed by atoms with Crippen molar-refractivity contribution >= 4 is 0 Å². The van der Waals surface area contributed by atoms with Gasteiger partial charge in [0.15, 0.2) is 0 Å². The molecule has 0 aromatic heterocycles. The predicted octanol–water partition coefficient (Wildman–Crippen LogP) is 8.09. The molecule has 3 rings (SSSR count). The molecule has 0 spiro atoms. The molecule has 28 heavy (non-hydrogen) atoms. The van der Waals surface area contributed by atoms with Gasteiger partial charge in [0.1, 0.15) is 0 Å². The van der Waals surface area contributed by atoms with Crippen LogP contribution < -0.4 is 5.73 Å². The van der Waals surface area contributed by atoms with Crippen LogP contribution in [0.1, 0.15) is 106 Å². The second kappa shape index (κ2) is 11.8. The molecule has 3 fully saturated rings. The smallest absolute Gasteiger partial charge is 0.0152 e. The third kappa shape index (κ3) is 5.05. The fraction of sp³-hybridized carbons (Fsp3) is 0.926. The molecule has 8 unspecified atom stereocenters. The van der Waals surface area contributed by atoms with Crippen LogP contribution in [0.2, 0.25) is 0 Å². The first-order valence-electron chi connectivity index (χ1n) is 12.7. The van der Waals surface area contributed by atoms with E-state index in [0.29, 0.717) is 5.41 Å². The van der Waals surface area contributed by atoms with Gasteiger partial charge in [-0.05, 0) is 105 Å². The van der Waals surface area contributed by atoms with Gasteiger partial charge in [-0.3, -0.25) is 0 Å². The summed E-state index contributed by atoms with van der Waals surface area (Å²) in [6, 6.07) is 0. The van der Waals surface area contributed by atoms with E-state index in [-0.39, 0.29) is 0 Å². The highest BCUT2D eigenvalue weighted by Gasteiger charge is 2.52. The molecule has 8 atom stereocenters. The summed E-state index contributed by atoms with van der Waals surface area (Å²) in [6.45, 7) is 20.9. The van der Waals surface area contributed by atoms with E-state index in [1.165, 1.54) is 64.0 Å². The van der Waals surface area contributed by atoms with Gasteiger partial charge in [-0.15, -0.1) is 0 Å². The Hall–Kier alpha value is -0.300. The molecule has 2 N–H and O–H groups in total. The molecular weight excluding hydrogens is 338 g/mol. The molecule has 0 aromatic carbocycles. The molecule has 3 saturated carbocycles. The molecule has 1 nitrogen and oxygen atoms in total. The van der Waals surface area contributed by atoms with E-state index in [4.69, 9.17) is 0 Å². The highest BCUT2D eigenvalue weighted by Crippen LogP contribution is 2.61. The molecule has 0 saturated heterocycles. The Morgan fingerprint density at radius 1 is 0.964 bits per heavy atom. The molecule has 0 aliphatic heterocycles. The second-order valence-electron chi connectivity index (χ2n) is 10.1. The third-order valence-corrected chi connectivity index (χ3v) is 9.12. The minimum Gasteiger partial charge on any atom is -0.333 e. The average Bonchev–Trinajstić information content (AvgIpc) is 2.73. The number of allylic oxidation sites excluding steroid dienone is 1. The molecule has 3 aliphatic carbocycles. The first-order valence-corrected chi connectivity index (χ1v) is 12.7. The highest BCUT2D eigenvalue weighted by molar-refractivity contribution is 5.10. The average molecular weight is 392 g/mol. The normalized spacial score (nSPS) is 40.5. The van der Waals surface area contributed by atoms with Crippen molar-refractivity contribution in [3.05, 3.63) is 12.2 Å². The molecule has 166 valence electrons. The van der Waals surface area contributed by atoms with Crippen LogP contribution in [-0.2, 0) is 0 Å². The van der Waals surface area contributed by atoms with Gasteiger partial charge in [-0.1, -0.05) is 67.0 Å². The maximum Gasteiger partial charge on any atom is -0.0152 e. The number of nitrogens with two attached hydrogens (primary N) is 1. The van der Waals surface area contributed by atoms with E-state index in [9.17, 15) is 0 Å². The Bertz CT molecular complexity index is 455. The Balaban J connectivity index is 0.000000921. The minimum atomic E-state index is 0.498.